The molecule has 0 radical (unpaired) electrons. The fourth-order valence-electron chi connectivity index (χ4n) is 2.92. The van der Waals surface area contributed by atoms with E-state index in [1.807, 2.05) is 22.9 Å². The largest absolute Gasteiger partial charge is 0.469 e. The normalized spacial score (nSPS) is 12.9. The topological polar surface area (TPSA) is 85.3 Å². The summed E-state index contributed by atoms with van der Waals surface area (Å²) in [6.07, 6.45) is 3.14. The number of furan rings is 1. The zero-order valence-corrected chi connectivity index (χ0v) is 16.7. The molecule has 0 aliphatic heterocycles. The van der Waals surface area contributed by atoms with E-state index in [1.165, 1.54) is 0 Å². The van der Waals surface area contributed by atoms with Crippen LogP contribution in [0.4, 0.5) is 0 Å². The van der Waals surface area contributed by atoms with Gasteiger partial charge in [-0.25, -0.2) is 18.1 Å². The molecule has 0 aliphatic rings. The van der Waals surface area contributed by atoms with Crippen LogP contribution in [0.5, 0.6) is 0 Å². The van der Waals surface area contributed by atoms with Crippen LogP contribution in [0, 0.1) is 6.92 Å². The van der Waals surface area contributed by atoms with Gasteiger partial charge in [0.15, 0.2) is 5.89 Å². The first-order valence-electron chi connectivity index (χ1n) is 8.61. The molecule has 0 saturated heterocycles. The number of nitrogens with one attached hydrogen (secondary N) is 1. The highest BCUT2D eigenvalue weighted by atomic mass is 32.2. The second kappa shape index (κ2) is 7.75. The molecule has 0 spiro atoms. The summed E-state index contributed by atoms with van der Waals surface area (Å²) in [4.78, 5) is 4.44. The van der Waals surface area contributed by atoms with Crippen molar-refractivity contribution in [2.45, 2.75) is 17.7 Å². The third kappa shape index (κ3) is 3.94. The van der Waals surface area contributed by atoms with E-state index in [-0.39, 0.29) is 17.4 Å². The SMILES string of the molecule is Cc1nc(-c2ccc(S(=O)(=O)NCC(c3ccsc3)c3ccco3)cc2)co1. The van der Waals surface area contributed by atoms with E-state index in [1.54, 1.807) is 61.1 Å². The Labute approximate surface area is 166 Å². The fraction of sp³-hybridized carbons (Fsp3) is 0.150. The molecule has 3 heterocycles. The van der Waals surface area contributed by atoms with Gasteiger partial charge in [0.25, 0.3) is 0 Å². The molecule has 0 bridgehead atoms. The molecule has 0 amide bonds. The molecule has 4 aromatic rings. The van der Waals surface area contributed by atoms with Crippen LogP contribution in [0.15, 0.2) is 79.5 Å². The van der Waals surface area contributed by atoms with E-state index in [4.69, 9.17) is 8.83 Å². The molecular formula is C20H18N2O4S2. The average Bonchev–Trinajstić information content (AvgIpc) is 3.45. The van der Waals surface area contributed by atoms with Crippen LogP contribution < -0.4 is 4.72 Å². The average molecular weight is 415 g/mol. The molecule has 6 nitrogen and oxygen atoms in total. The highest BCUT2D eigenvalue weighted by molar-refractivity contribution is 7.89. The van der Waals surface area contributed by atoms with E-state index in [0.29, 0.717) is 11.6 Å². The van der Waals surface area contributed by atoms with Crippen LogP contribution in [0.2, 0.25) is 0 Å². The lowest BCUT2D eigenvalue weighted by Crippen LogP contribution is -2.28. The molecule has 8 heteroatoms. The molecule has 0 fully saturated rings. The smallest absolute Gasteiger partial charge is 0.240 e. The van der Waals surface area contributed by atoms with Crippen molar-refractivity contribution in [2.75, 3.05) is 6.54 Å². The summed E-state index contributed by atoms with van der Waals surface area (Å²) in [5, 5.41) is 3.96. The summed E-state index contributed by atoms with van der Waals surface area (Å²) in [5.41, 5.74) is 2.48. The molecular weight excluding hydrogens is 396 g/mol. The van der Waals surface area contributed by atoms with Crippen molar-refractivity contribution in [3.05, 3.63) is 83.0 Å². The number of rotatable bonds is 7. The number of oxazole rings is 1. The summed E-state index contributed by atoms with van der Waals surface area (Å²) in [7, 11) is -3.66. The van der Waals surface area contributed by atoms with E-state index in [9.17, 15) is 8.42 Å². The van der Waals surface area contributed by atoms with Gasteiger partial charge in [-0.15, -0.1) is 0 Å². The number of sulfonamides is 1. The predicted molar refractivity (Wildman–Crippen MR) is 107 cm³/mol. The Balaban J connectivity index is 1.52. The van der Waals surface area contributed by atoms with Gasteiger partial charge in [0.2, 0.25) is 10.0 Å². The minimum atomic E-state index is -3.66. The van der Waals surface area contributed by atoms with Crippen LogP contribution in [0.3, 0.4) is 0 Å². The van der Waals surface area contributed by atoms with Gasteiger partial charge >= 0.3 is 0 Å². The zero-order chi connectivity index (χ0) is 19.6. The molecule has 3 aromatic heterocycles. The molecule has 0 saturated carbocycles. The van der Waals surface area contributed by atoms with Crippen molar-refractivity contribution in [1.82, 2.24) is 9.71 Å². The Kier molecular flexibility index (Phi) is 5.17. The number of benzene rings is 1. The van der Waals surface area contributed by atoms with Crippen molar-refractivity contribution >= 4 is 21.4 Å². The molecule has 1 atom stereocenters. The molecule has 1 aromatic carbocycles. The van der Waals surface area contributed by atoms with Crippen molar-refractivity contribution in [1.29, 1.82) is 0 Å². The second-order valence-corrected chi connectivity index (χ2v) is 8.80. The Morgan fingerprint density at radius 2 is 1.96 bits per heavy atom. The predicted octanol–water partition coefficient (Wildman–Crippen LogP) is 4.41. The van der Waals surface area contributed by atoms with E-state index in [0.717, 1.165) is 16.9 Å². The van der Waals surface area contributed by atoms with Gasteiger partial charge < -0.3 is 8.83 Å². The summed E-state index contributed by atoms with van der Waals surface area (Å²) >= 11 is 1.56. The maximum absolute atomic E-state index is 12.8. The molecule has 0 aliphatic carbocycles. The van der Waals surface area contributed by atoms with Gasteiger partial charge in [-0.3, -0.25) is 0 Å². The monoisotopic (exact) mass is 414 g/mol. The van der Waals surface area contributed by atoms with E-state index >= 15 is 0 Å². The number of hydrogen-bond acceptors (Lipinski definition) is 6. The summed E-state index contributed by atoms with van der Waals surface area (Å²) < 4.78 is 38.9. The minimum Gasteiger partial charge on any atom is -0.469 e. The maximum Gasteiger partial charge on any atom is 0.240 e. The highest BCUT2D eigenvalue weighted by Crippen LogP contribution is 2.27. The van der Waals surface area contributed by atoms with Gasteiger partial charge in [0.1, 0.15) is 17.7 Å². The summed E-state index contributed by atoms with van der Waals surface area (Å²) in [6, 6.07) is 12.2. The third-order valence-electron chi connectivity index (χ3n) is 4.39. The molecule has 28 heavy (non-hydrogen) atoms. The number of nitrogens with zero attached hydrogens (tertiary/aromatic N) is 1. The minimum absolute atomic E-state index is 0.187. The van der Waals surface area contributed by atoms with Gasteiger partial charge in [-0.2, -0.15) is 11.3 Å². The van der Waals surface area contributed by atoms with Crippen LogP contribution in [0.1, 0.15) is 23.1 Å². The van der Waals surface area contributed by atoms with Crippen molar-refractivity contribution < 1.29 is 17.3 Å². The Bertz CT molecular complexity index is 1100. The quantitative estimate of drug-likeness (QED) is 0.484. The first-order valence-corrected chi connectivity index (χ1v) is 11.0. The number of aromatic nitrogens is 1. The molecule has 1 N–H and O–H groups in total. The second-order valence-electron chi connectivity index (χ2n) is 6.25. The first kappa shape index (κ1) is 18.7. The summed E-state index contributed by atoms with van der Waals surface area (Å²) in [6.45, 7) is 1.96. The van der Waals surface area contributed by atoms with E-state index in [2.05, 4.69) is 9.71 Å². The van der Waals surface area contributed by atoms with Gasteiger partial charge in [0.05, 0.1) is 17.1 Å². The number of thiophene rings is 1. The zero-order valence-electron chi connectivity index (χ0n) is 15.0. The van der Waals surface area contributed by atoms with Crippen LogP contribution in [-0.4, -0.2) is 19.9 Å². The van der Waals surface area contributed by atoms with Crippen LogP contribution in [0.25, 0.3) is 11.3 Å². The number of hydrogen-bond donors (Lipinski definition) is 1. The Morgan fingerprint density at radius 1 is 1.14 bits per heavy atom. The van der Waals surface area contributed by atoms with Crippen molar-refractivity contribution in [3.63, 3.8) is 0 Å². The van der Waals surface area contributed by atoms with Gasteiger partial charge in [0, 0.05) is 19.0 Å². The Morgan fingerprint density at radius 3 is 2.57 bits per heavy atom. The third-order valence-corrected chi connectivity index (χ3v) is 6.53. The van der Waals surface area contributed by atoms with Gasteiger partial charge in [-0.05, 0) is 46.7 Å². The lowest BCUT2D eigenvalue weighted by molar-refractivity contribution is 0.481. The molecule has 4 rings (SSSR count). The Hall–Kier alpha value is -2.68. The van der Waals surface area contributed by atoms with Crippen molar-refractivity contribution in [3.8, 4) is 11.3 Å². The maximum atomic E-state index is 12.8. The highest BCUT2D eigenvalue weighted by Gasteiger charge is 2.22. The fourth-order valence-corrected chi connectivity index (χ4v) is 4.68. The van der Waals surface area contributed by atoms with Crippen LogP contribution in [-0.2, 0) is 10.0 Å². The molecule has 144 valence electrons. The summed E-state index contributed by atoms with van der Waals surface area (Å²) in [5.74, 6) is 1.09. The lowest BCUT2D eigenvalue weighted by atomic mass is 10.00. The standard InChI is InChI=1S/C20H18N2O4S2/c1-14-22-19(12-26-14)15-4-6-17(7-5-15)28(23,24)21-11-18(16-8-10-27-13-16)20-3-2-9-25-20/h2-10,12-13,18,21H,11H2,1H3. The van der Waals surface area contributed by atoms with Crippen LogP contribution >= 0.6 is 11.3 Å². The van der Waals surface area contributed by atoms with Crippen molar-refractivity contribution in [2.24, 2.45) is 0 Å². The molecule has 1 unspecified atom stereocenters. The van der Waals surface area contributed by atoms with Gasteiger partial charge in [-0.1, -0.05) is 12.1 Å². The lowest BCUT2D eigenvalue weighted by Gasteiger charge is -2.15. The first-order chi connectivity index (χ1) is 13.5. The van der Waals surface area contributed by atoms with E-state index < -0.39 is 10.0 Å². The number of aryl methyl sites for hydroxylation is 1.